The summed E-state index contributed by atoms with van der Waals surface area (Å²) in [5, 5.41) is 2.40. The fourth-order valence-electron chi connectivity index (χ4n) is 4.43. The van der Waals surface area contributed by atoms with Crippen LogP contribution >= 0.6 is 22.7 Å². The van der Waals surface area contributed by atoms with Gasteiger partial charge >= 0.3 is 0 Å². The number of thiophene rings is 1. The summed E-state index contributed by atoms with van der Waals surface area (Å²) in [7, 11) is -3.71. The molecule has 1 atom stereocenters. The van der Waals surface area contributed by atoms with Crippen LogP contribution in [-0.2, 0) is 14.8 Å². The van der Waals surface area contributed by atoms with E-state index in [1.54, 1.807) is 22.4 Å². The van der Waals surface area contributed by atoms with Crippen LogP contribution in [0.1, 0.15) is 37.8 Å². The molecule has 1 aliphatic rings. The highest BCUT2D eigenvalue weighted by atomic mass is 32.2. The van der Waals surface area contributed by atoms with E-state index < -0.39 is 16.1 Å². The molecule has 1 aliphatic heterocycles. The molecule has 3 aromatic rings. The topological polar surface area (TPSA) is 73.8 Å². The van der Waals surface area contributed by atoms with Crippen LogP contribution in [0.4, 0.5) is 5.13 Å². The van der Waals surface area contributed by atoms with Gasteiger partial charge < -0.3 is 4.90 Å². The number of aryl methyl sites for hydroxylation is 2. The summed E-state index contributed by atoms with van der Waals surface area (Å²) in [6.07, 6.45) is 1.19. The van der Waals surface area contributed by atoms with Gasteiger partial charge in [-0.25, -0.2) is 13.4 Å². The molecule has 3 heterocycles. The van der Waals surface area contributed by atoms with E-state index in [9.17, 15) is 13.2 Å². The maximum Gasteiger partial charge on any atom is 0.253 e. The SMILES string of the molecule is CCN(CC)CCN(C(=O)C1CCCN1S(=O)(=O)c1cccs1)c1nc2c(C)ccc(C)c2s1. The number of anilines is 1. The summed E-state index contributed by atoms with van der Waals surface area (Å²) in [5.41, 5.74) is 3.11. The minimum Gasteiger partial charge on any atom is -0.302 e. The number of thiazole rings is 1. The molecule has 1 fully saturated rings. The van der Waals surface area contributed by atoms with E-state index in [4.69, 9.17) is 4.98 Å². The van der Waals surface area contributed by atoms with Crippen LogP contribution in [0.15, 0.2) is 33.9 Å². The molecule has 184 valence electrons. The van der Waals surface area contributed by atoms with Crippen molar-refractivity contribution in [2.75, 3.05) is 37.6 Å². The number of rotatable bonds is 9. The Balaban J connectivity index is 1.70. The Morgan fingerprint density at radius 3 is 2.53 bits per heavy atom. The summed E-state index contributed by atoms with van der Waals surface area (Å²) in [6, 6.07) is 6.76. The summed E-state index contributed by atoms with van der Waals surface area (Å²) >= 11 is 2.71. The molecule has 2 aromatic heterocycles. The third kappa shape index (κ3) is 4.79. The highest BCUT2D eigenvalue weighted by molar-refractivity contribution is 7.91. The molecule has 10 heteroatoms. The van der Waals surface area contributed by atoms with Crippen molar-refractivity contribution < 1.29 is 13.2 Å². The maximum atomic E-state index is 14.0. The van der Waals surface area contributed by atoms with Crippen molar-refractivity contribution in [2.45, 2.75) is 50.8 Å². The molecule has 4 rings (SSSR count). The Labute approximate surface area is 210 Å². The number of amides is 1. The van der Waals surface area contributed by atoms with Crippen LogP contribution in [0.3, 0.4) is 0 Å². The normalized spacial score (nSPS) is 17.1. The second-order valence-electron chi connectivity index (χ2n) is 8.60. The number of sulfonamides is 1. The number of fused-ring (bicyclic) bond motifs is 1. The molecule has 7 nitrogen and oxygen atoms in total. The van der Waals surface area contributed by atoms with E-state index in [2.05, 4.69) is 37.8 Å². The number of hydrogen-bond donors (Lipinski definition) is 0. The molecule has 0 saturated carbocycles. The Kier molecular flexibility index (Phi) is 7.73. The maximum absolute atomic E-state index is 14.0. The van der Waals surface area contributed by atoms with E-state index in [0.29, 0.717) is 37.6 Å². The number of hydrogen-bond acceptors (Lipinski definition) is 7. The summed E-state index contributed by atoms with van der Waals surface area (Å²) in [6.45, 7) is 11.6. The van der Waals surface area contributed by atoms with Gasteiger partial charge in [0, 0.05) is 19.6 Å². The van der Waals surface area contributed by atoms with E-state index in [0.717, 1.165) is 34.4 Å². The minimum absolute atomic E-state index is 0.181. The minimum atomic E-state index is -3.71. The lowest BCUT2D eigenvalue weighted by Crippen LogP contribution is -2.49. The molecule has 1 unspecified atom stereocenters. The van der Waals surface area contributed by atoms with Gasteiger partial charge in [-0.3, -0.25) is 9.69 Å². The molecule has 0 radical (unpaired) electrons. The van der Waals surface area contributed by atoms with Crippen LogP contribution in [0.5, 0.6) is 0 Å². The predicted molar refractivity (Wildman–Crippen MR) is 140 cm³/mol. The van der Waals surface area contributed by atoms with Crippen molar-refractivity contribution in [2.24, 2.45) is 0 Å². The average Bonchev–Trinajstić information content (AvgIpc) is 3.59. The van der Waals surface area contributed by atoms with Gasteiger partial charge in [0.25, 0.3) is 10.0 Å². The standard InChI is InChI=1S/C24H32N4O3S3/c1-5-26(6-2)14-15-27(24-25-21-17(3)11-12-18(4)22(21)33-24)23(29)19-9-7-13-28(19)34(30,31)20-10-8-16-32-20/h8,10-12,16,19H,5-7,9,13-15H2,1-4H3. The highest BCUT2D eigenvalue weighted by Gasteiger charge is 2.42. The van der Waals surface area contributed by atoms with Crippen molar-refractivity contribution >= 4 is 54.0 Å². The number of carbonyl (C=O) groups is 1. The fraction of sp³-hybridized carbons (Fsp3) is 0.500. The molecule has 1 saturated heterocycles. The number of aromatic nitrogens is 1. The first kappa shape index (κ1) is 25.2. The van der Waals surface area contributed by atoms with Gasteiger partial charge in [-0.1, -0.05) is 43.4 Å². The predicted octanol–water partition coefficient (Wildman–Crippen LogP) is 4.50. The van der Waals surface area contributed by atoms with Crippen molar-refractivity contribution in [3.8, 4) is 0 Å². The van der Waals surface area contributed by atoms with Gasteiger partial charge in [0.05, 0.1) is 10.2 Å². The highest BCUT2D eigenvalue weighted by Crippen LogP contribution is 2.35. The lowest BCUT2D eigenvalue weighted by molar-refractivity contribution is -0.121. The smallest absolute Gasteiger partial charge is 0.253 e. The second kappa shape index (κ2) is 10.4. The molecule has 0 spiro atoms. The first-order chi connectivity index (χ1) is 16.3. The zero-order chi connectivity index (χ0) is 24.5. The molecular weight excluding hydrogens is 488 g/mol. The Morgan fingerprint density at radius 1 is 1.15 bits per heavy atom. The Morgan fingerprint density at radius 2 is 1.88 bits per heavy atom. The third-order valence-electron chi connectivity index (χ3n) is 6.51. The van der Waals surface area contributed by atoms with Gasteiger partial charge in [-0.05, 0) is 62.4 Å². The molecule has 34 heavy (non-hydrogen) atoms. The zero-order valence-corrected chi connectivity index (χ0v) is 22.6. The molecule has 0 N–H and O–H groups in total. The molecule has 1 aromatic carbocycles. The summed E-state index contributed by atoms with van der Waals surface area (Å²) in [4.78, 5) is 22.8. The van der Waals surface area contributed by atoms with Crippen molar-refractivity contribution in [1.82, 2.24) is 14.2 Å². The zero-order valence-electron chi connectivity index (χ0n) is 20.2. The fourth-order valence-corrected chi connectivity index (χ4v) is 8.34. The second-order valence-corrected chi connectivity index (χ2v) is 12.6. The third-order valence-corrected chi connectivity index (χ3v) is 11.0. The summed E-state index contributed by atoms with van der Waals surface area (Å²) in [5.74, 6) is -0.181. The summed E-state index contributed by atoms with van der Waals surface area (Å²) < 4.78 is 29.4. The monoisotopic (exact) mass is 520 g/mol. The van der Waals surface area contributed by atoms with Gasteiger partial charge in [-0.2, -0.15) is 4.31 Å². The van der Waals surface area contributed by atoms with Crippen LogP contribution in [-0.4, -0.2) is 67.3 Å². The van der Waals surface area contributed by atoms with Crippen LogP contribution in [0.25, 0.3) is 10.2 Å². The first-order valence-electron chi connectivity index (χ1n) is 11.7. The number of likely N-dealkylation sites (N-methyl/N-ethyl adjacent to an activating group) is 1. The average molecular weight is 521 g/mol. The Bertz CT molecular complexity index is 1210. The van der Waals surface area contributed by atoms with E-state index in [1.165, 1.54) is 27.0 Å². The number of benzene rings is 1. The molecule has 0 bridgehead atoms. The van der Waals surface area contributed by atoms with Gasteiger partial charge in [0.15, 0.2) is 5.13 Å². The van der Waals surface area contributed by atoms with Crippen molar-refractivity contribution in [3.05, 3.63) is 40.8 Å². The van der Waals surface area contributed by atoms with E-state index >= 15 is 0 Å². The largest absolute Gasteiger partial charge is 0.302 e. The molecule has 1 amide bonds. The lowest BCUT2D eigenvalue weighted by atomic mass is 10.1. The van der Waals surface area contributed by atoms with Gasteiger partial charge in [-0.15, -0.1) is 11.3 Å². The van der Waals surface area contributed by atoms with Crippen molar-refractivity contribution in [1.29, 1.82) is 0 Å². The quantitative estimate of drug-likeness (QED) is 0.415. The lowest BCUT2D eigenvalue weighted by Gasteiger charge is -2.29. The van der Waals surface area contributed by atoms with E-state index in [1.807, 2.05) is 6.92 Å². The number of nitrogens with zero attached hydrogens (tertiary/aromatic N) is 4. The van der Waals surface area contributed by atoms with Crippen LogP contribution in [0, 0.1) is 13.8 Å². The van der Waals surface area contributed by atoms with Crippen LogP contribution < -0.4 is 4.90 Å². The van der Waals surface area contributed by atoms with Crippen LogP contribution in [0.2, 0.25) is 0 Å². The Hall–Kier alpha value is -1.85. The molecular formula is C24H32N4O3S3. The van der Waals surface area contributed by atoms with Crippen molar-refractivity contribution in [3.63, 3.8) is 0 Å². The number of carbonyl (C=O) groups excluding carboxylic acids is 1. The van der Waals surface area contributed by atoms with Gasteiger partial charge in [0.1, 0.15) is 10.3 Å². The first-order valence-corrected chi connectivity index (χ1v) is 14.9. The van der Waals surface area contributed by atoms with E-state index in [-0.39, 0.29) is 10.1 Å². The molecule has 0 aliphatic carbocycles. The van der Waals surface area contributed by atoms with Gasteiger partial charge in [0.2, 0.25) is 5.91 Å².